The minimum Gasteiger partial charge on any atom is -0.353 e. The number of aryl methyl sites for hydroxylation is 3. The Morgan fingerprint density at radius 2 is 0.871 bits per heavy atom. The molecule has 116 heavy (non-hydrogen) atoms. The number of likely N-dealkylation sites (tertiary alicyclic amines) is 3. The van der Waals surface area contributed by atoms with E-state index in [0.717, 1.165) is 196 Å². The summed E-state index contributed by atoms with van der Waals surface area (Å²) in [6.07, 6.45) is 29.4. The Hall–Kier alpha value is -10.9. The average molecular weight is 1640 g/mol. The number of rotatable bonds is 28. The van der Waals surface area contributed by atoms with Crippen LogP contribution >= 0.6 is 34.6 Å². The quantitative estimate of drug-likeness (QED) is 0.0224. The summed E-state index contributed by atoms with van der Waals surface area (Å²) >= 11 is 4.30. The van der Waals surface area contributed by atoms with E-state index in [0.29, 0.717) is 36.2 Å². The van der Waals surface area contributed by atoms with Crippen LogP contribution < -0.4 is 37.2 Å². The van der Waals surface area contributed by atoms with Crippen molar-refractivity contribution in [1.29, 1.82) is 0 Å². The molecular formula is C79H99F2N29O3S3. The molecule has 0 saturated carbocycles. The van der Waals surface area contributed by atoms with Crippen molar-refractivity contribution in [3.05, 3.63) is 157 Å². The zero-order valence-corrected chi connectivity index (χ0v) is 69.2. The number of amides is 3. The Kier molecular flexibility index (Phi) is 26.6. The minimum absolute atomic E-state index is 0.0649. The number of carbonyl (C=O) groups is 3. The number of fused-ring (bicyclic) bond motifs is 3. The fourth-order valence-electron chi connectivity index (χ4n) is 14.7. The van der Waals surface area contributed by atoms with Crippen LogP contribution in [0.15, 0.2) is 111 Å². The van der Waals surface area contributed by atoms with E-state index in [1.807, 2.05) is 103 Å². The molecule has 32 nitrogen and oxygen atoms in total. The molecule has 3 aliphatic heterocycles. The first-order valence-corrected chi connectivity index (χ1v) is 41.5. The second-order valence-corrected chi connectivity index (χ2v) is 33.0. The van der Waals surface area contributed by atoms with Crippen LogP contribution in [0, 0.1) is 50.2 Å². The van der Waals surface area contributed by atoms with Crippen molar-refractivity contribution in [1.82, 2.24) is 121 Å². The second-order valence-electron chi connectivity index (χ2n) is 30.6. The third-order valence-corrected chi connectivity index (χ3v) is 22.3. The lowest BCUT2D eigenvalue weighted by molar-refractivity contribution is -0.122. The highest BCUT2D eigenvalue weighted by atomic mass is 32.1. The highest BCUT2D eigenvalue weighted by Gasteiger charge is 2.25. The van der Waals surface area contributed by atoms with Gasteiger partial charge in [0.2, 0.25) is 17.7 Å². The molecule has 3 saturated heterocycles. The number of carbonyl (C=O) groups excluding carboxylic acids is 3. The largest absolute Gasteiger partial charge is 0.353 e. The normalized spacial score (nSPS) is 16.2. The summed E-state index contributed by atoms with van der Waals surface area (Å²) in [6.45, 7) is 25.0. The summed E-state index contributed by atoms with van der Waals surface area (Å²) in [4.78, 5) is 74.4. The molecule has 0 radical (unpaired) electrons. The molecule has 0 bridgehead atoms. The Labute approximate surface area is 683 Å². The van der Waals surface area contributed by atoms with Gasteiger partial charge >= 0.3 is 0 Å². The van der Waals surface area contributed by atoms with Crippen molar-refractivity contribution in [2.24, 2.45) is 17.8 Å². The number of nitrogens with zero attached hydrogens (tertiary/aromatic N) is 22. The monoisotopic (exact) mass is 1640 g/mol. The van der Waals surface area contributed by atoms with Crippen molar-refractivity contribution in [3.63, 3.8) is 0 Å². The molecule has 610 valence electrons. The van der Waals surface area contributed by atoms with Crippen molar-refractivity contribution in [3.8, 4) is 33.8 Å². The number of anilines is 7. The van der Waals surface area contributed by atoms with Crippen LogP contribution in [0.5, 0.6) is 0 Å². The van der Waals surface area contributed by atoms with E-state index < -0.39 is 17.5 Å². The molecule has 12 aromatic heterocycles. The number of hydrogen-bond acceptors (Lipinski definition) is 26. The van der Waals surface area contributed by atoms with Gasteiger partial charge in [-0.05, 0) is 183 Å². The molecule has 3 atom stereocenters. The predicted octanol–water partition coefficient (Wildman–Crippen LogP) is 10.9. The number of piperidine rings is 3. The van der Waals surface area contributed by atoms with Crippen molar-refractivity contribution in [2.75, 3.05) is 108 Å². The van der Waals surface area contributed by atoms with E-state index in [4.69, 9.17) is 9.97 Å². The molecule has 0 aliphatic carbocycles. The van der Waals surface area contributed by atoms with Gasteiger partial charge in [-0.15, -0.1) is 0 Å². The van der Waals surface area contributed by atoms with Gasteiger partial charge in [-0.1, -0.05) is 20.8 Å². The molecule has 13 aromatic rings. The summed E-state index contributed by atoms with van der Waals surface area (Å²) in [7, 11) is 5.81. The molecule has 7 N–H and O–H groups in total. The third kappa shape index (κ3) is 21.4. The summed E-state index contributed by atoms with van der Waals surface area (Å²) in [5.74, 6) is 2.01. The topological polar surface area (TPSA) is 331 Å². The van der Waals surface area contributed by atoms with Gasteiger partial charge in [0.05, 0.1) is 94.1 Å². The summed E-state index contributed by atoms with van der Waals surface area (Å²) in [6, 6.07) is 9.28. The number of likely N-dealkylation sites (N-methyl/N-ethyl adjacent to an activating group) is 2. The van der Waals surface area contributed by atoms with Crippen LogP contribution in [0.4, 0.5) is 46.9 Å². The summed E-state index contributed by atoms with van der Waals surface area (Å²) < 4.78 is 51.7. The van der Waals surface area contributed by atoms with Gasteiger partial charge in [-0.25, -0.2) is 38.7 Å². The van der Waals surface area contributed by atoms with E-state index >= 15 is 0 Å². The molecule has 3 aliphatic rings. The average Bonchev–Trinajstić information content (AvgIpc) is 1.63. The van der Waals surface area contributed by atoms with Crippen LogP contribution in [0.3, 0.4) is 0 Å². The highest BCUT2D eigenvalue weighted by Crippen LogP contribution is 2.34. The van der Waals surface area contributed by atoms with Gasteiger partial charge in [-0.3, -0.25) is 56.3 Å². The number of hydrogen-bond donors (Lipinski definition) is 7. The van der Waals surface area contributed by atoms with Crippen LogP contribution in [0.25, 0.3) is 50.7 Å². The minimum atomic E-state index is -0.843. The van der Waals surface area contributed by atoms with E-state index in [-0.39, 0.29) is 37.1 Å². The Bertz CT molecular complexity index is 5520. The lowest BCUT2D eigenvalue weighted by Crippen LogP contribution is -2.33. The second kappa shape index (κ2) is 37.8. The van der Waals surface area contributed by atoms with Gasteiger partial charge in [0, 0.05) is 125 Å². The van der Waals surface area contributed by atoms with E-state index in [1.54, 1.807) is 40.3 Å². The molecular weight excluding hydrogens is 1540 g/mol. The number of nitrogens with one attached hydrogen (secondary N) is 7. The fraction of sp³-hybridized carbons (Fsp3) is 0.430. The third-order valence-electron chi connectivity index (χ3n) is 20.1. The molecule has 1 aromatic carbocycles. The summed E-state index contributed by atoms with van der Waals surface area (Å²) in [5, 5.41) is 37.4. The molecule has 15 heterocycles. The molecule has 3 amide bonds. The zero-order chi connectivity index (χ0) is 80.9. The van der Waals surface area contributed by atoms with Gasteiger partial charge in [0.25, 0.3) is 0 Å². The lowest BCUT2D eigenvalue weighted by atomic mass is 10.0. The van der Waals surface area contributed by atoms with Crippen LogP contribution in [0.1, 0.15) is 93.5 Å². The first-order chi connectivity index (χ1) is 56.1. The van der Waals surface area contributed by atoms with Gasteiger partial charge in [0.1, 0.15) is 46.3 Å². The van der Waals surface area contributed by atoms with Crippen LogP contribution in [-0.2, 0) is 53.7 Å². The standard InChI is InChI=1S/C28H29F2N9OS.C26H36N10OS.C25H34N10OS/c1-17-4-3-7-37(12-17)15-21-9-26(41-36-21)35-27-28-31-11-24(39(28)13-18(2)33-27)19-10-32-38(14-19)16-25(40)34-23-6-5-20(29)8-22(23)30;1-18-6-5-8-34(13-18)16-21-10-24(38-32-21)31-25-26-28-12-22(36(26)14-19(2)30-25)20-11-29-35(15-20)17-23(37)27-7-9-33(3)4;1-17-5-4-8-33(12-17)15-20-9-23(37-32-20)31-24-25-28-11-21(35(25)13-18(2)30-24)19-10-29-34(14-19)16-22(36)27-7-6-26-3/h5-6,8-11,13-14,17H,3-4,7,12,15-16H2,1-2H3,(H,33,35)(H,34,40);10-12,14-15,18H,5-9,13,16-17H2,1-4H3,(H,27,37)(H,30,31);9-11,13-14,17,26H,4-8,12,15-16H2,1-3H3,(H,27,36)(H,30,31). The molecule has 16 rings (SSSR count). The Balaban J connectivity index is 0.000000144. The maximum absolute atomic E-state index is 13.9. The fourth-order valence-corrected chi connectivity index (χ4v) is 16.7. The molecule has 37 heteroatoms. The maximum Gasteiger partial charge on any atom is 0.246 e. The lowest BCUT2D eigenvalue weighted by Gasteiger charge is -2.30. The zero-order valence-electron chi connectivity index (χ0n) is 66.7. The van der Waals surface area contributed by atoms with Gasteiger partial charge in [-0.2, -0.15) is 28.4 Å². The van der Waals surface area contributed by atoms with E-state index in [2.05, 4.69) is 139 Å². The SMILES string of the molecule is CNCCNC(=O)Cn1cc(-c2cnc3c(Nc4cc(CN5CCCC(C)C5)ns4)nc(C)cn23)cn1.Cc1cn2c(-c3cnn(CC(=O)NCCN(C)C)c3)cnc2c(Nc2cc(CN3CCCC(C)C3)ns2)n1.Cc1cn2c(-c3cnn(CC(=O)Nc4ccc(F)cc4F)c3)cnc2c(Nc2cc(CN3CCCC(C)C3)ns2)n1. The van der Waals surface area contributed by atoms with Crippen molar-refractivity contribution in [2.45, 2.75) is 119 Å². The van der Waals surface area contributed by atoms with Gasteiger partial charge < -0.3 is 42.1 Å². The smallest absolute Gasteiger partial charge is 0.246 e. The molecule has 0 spiro atoms. The van der Waals surface area contributed by atoms with Crippen LogP contribution in [0.2, 0.25) is 0 Å². The number of imidazole rings is 3. The molecule has 3 unspecified atom stereocenters. The molecule has 3 fully saturated rings. The number of benzene rings is 1. The van der Waals surface area contributed by atoms with E-state index in [9.17, 15) is 23.2 Å². The maximum atomic E-state index is 13.9. The Morgan fingerprint density at radius 1 is 0.491 bits per heavy atom. The van der Waals surface area contributed by atoms with Gasteiger partial charge in [0.15, 0.2) is 34.4 Å². The van der Waals surface area contributed by atoms with Crippen LogP contribution in [-0.4, -0.2) is 209 Å². The first-order valence-electron chi connectivity index (χ1n) is 39.2. The van der Waals surface area contributed by atoms with Crippen molar-refractivity contribution >= 4 is 107 Å². The Morgan fingerprint density at radius 3 is 1.23 bits per heavy atom. The predicted molar refractivity (Wildman–Crippen MR) is 448 cm³/mol. The highest BCUT2D eigenvalue weighted by molar-refractivity contribution is 7.10. The number of halogens is 2. The first kappa shape index (κ1) is 81.6. The number of aromatic nitrogens is 18. The van der Waals surface area contributed by atoms with Crippen molar-refractivity contribution < 1.29 is 23.2 Å². The summed E-state index contributed by atoms with van der Waals surface area (Å²) in [5.41, 5.74) is 12.7. The van der Waals surface area contributed by atoms with E-state index in [1.165, 1.54) is 83.9 Å².